The number of sulfonamides is 1. The highest BCUT2D eigenvalue weighted by atomic mass is 32.2. The van der Waals surface area contributed by atoms with E-state index in [1.807, 2.05) is 6.07 Å². The fourth-order valence-electron chi connectivity index (χ4n) is 1.89. The van der Waals surface area contributed by atoms with Crippen molar-refractivity contribution in [2.75, 3.05) is 6.54 Å². The molecule has 4 N–H and O–H groups in total. The van der Waals surface area contributed by atoms with E-state index >= 15 is 0 Å². The molecule has 0 atom stereocenters. The van der Waals surface area contributed by atoms with E-state index in [1.165, 1.54) is 12.1 Å². The molecule has 2 aromatic rings. The number of nitrogens with one attached hydrogen (secondary N) is 1. The van der Waals surface area contributed by atoms with Crippen molar-refractivity contribution in [2.45, 2.75) is 24.5 Å². The van der Waals surface area contributed by atoms with Crippen LogP contribution in [0, 0.1) is 0 Å². The Kier molecular flexibility index (Phi) is 5.13. The Balaban J connectivity index is 1.78. The minimum Gasteiger partial charge on any atom is -0.462 e. The van der Waals surface area contributed by atoms with Gasteiger partial charge in [-0.1, -0.05) is 12.1 Å². The summed E-state index contributed by atoms with van der Waals surface area (Å²) >= 11 is 0. The molecule has 0 bridgehead atoms. The van der Waals surface area contributed by atoms with Crippen molar-refractivity contribution < 1.29 is 17.9 Å². The molecule has 0 spiro atoms. The van der Waals surface area contributed by atoms with Gasteiger partial charge in [-0.2, -0.15) is 0 Å². The van der Waals surface area contributed by atoms with E-state index in [0.717, 1.165) is 24.3 Å². The number of rotatable bonds is 7. The Labute approximate surface area is 123 Å². The van der Waals surface area contributed by atoms with Crippen LogP contribution in [0.5, 0.6) is 0 Å². The Morgan fingerprint density at radius 3 is 2.33 bits per heavy atom. The second kappa shape index (κ2) is 6.86. The Bertz CT molecular complexity index is 677. The van der Waals surface area contributed by atoms with Gasteiger partial charge in [-0.05, 0) is 42.8 Å². The highest BCUT2D eigenvalue weighted by Crippen LogP contribution is 2.09. The maximum atomic E-state index is 11.1. The fraction of sp³-hybridized carbons (Fsp3) is 0.286. The van der Waals surface area contributed by atoms with Gasteiger partial charge in [0.25, 0.3) is 0 Å². The van der Waals surface area contributed by atoms with Crippen LogP contribution in [0.15, 0.2) is 45.7 Å². The van der Waals surface area contributed by atoms with Gasteiger partial charge in [0, 0.05) is 0 Å². The van der Waals surface area contributed by atoms with Gasteiger partial charge in [0.1, 0.15) is 18.1 Å². The van der Waals surface area contributed by atoms with Gasteiger partial charge in [-0.15, -0.1) is 0 Å². The van der Waals surface area contributed by atoms with Crippen LogP contribution < -0.4 is 10.5 Å². The van der Waals surface area contributed by atoms with E-state index in [4.69, 9.17) is 14.7 Å². The van der Waals surface area contributed by atoms with Crippen molar-refractivity contribution in [3.05, 3.63) is 53.5 Å². The molecule has 7 heteroatoms. The molecule has 0 aliphatic rings. The summed E-state index contributed by atoms with van der Waals surface area (Å²) in [6.07, 6.45) is 0.762. The van der Waals surface area contributed by atoms with Crippen LogP contribution in [0.2, 0.25) is 0 Å². The number of hydrogen-bond acceptors (Lipinski definition) is 5. The van der Waals surface area contributed by atoms with E-state index in [9.17, 15) is 8.42 Å². The zero-order valence-electron chi connectivity index (χ0n) is 11.5. The lowest BCUT2D eigenvalue weighted by Crippen LogP contribution is -2.16. The van der Waals surface area contributed by atoms with Crippen LogP contribution in [0.25, 0.3) is 0 Å². The monoisotopic (exact) mass is 310 g/mol. The largest absolute Gasteiger partial charge is 0.462 e. The third-order valence-electron chi connectivity index (χ3n) is 3.01. The first kappa shape index (κ1) is 15.7. The van der Waals surface area contributed by atoms with Crippen LogP contribution >= 0.6 is 0 Å². The summed E-state index contributed by atoms with van der Waals surface area (Å²) < 4.78 is 27.6. The summed E-state index contributed by atoms with van der Waals surface area (Å²) in [5.74, 6) is 1.31. The van der Waals surface area contributed by atoms with Crippen molar-refractivity contribution in [1.29, 1.82) is 0 Å². The van der Waals surface area contributed by atoms with E-state index in [0.29, 0.717) is 12.3 Å². The first-order chi connectivity index (χ1) is 9.99. The zero-order chi connectivity index (χ0) is 15.3. The number of nitrogens with two attached hydrogens (primary N) is 1. The van der Waals surface area contributed by atoms with Crippen molar-refractivity contribution in [3.63, 3.8) is 0 Å². The van der Waals surface area contributed by atoms with Gasteiger partial charge in [0.2, 0.25) is 10.0 Å². The SMILES string of the molecule is NS(=O)(=O)c1ccc(CCNCc2ccc(CO)o2)cc1. The maximum Gasteiger partial charge on any atom is 0.238 e. The number of hydrogen-bond donors (Lipinski definition) is 3. The van der Waals surface area contributed by atoms with Gasteiger partial charge in [0.05, 0.1) is 11.4 Å². The van der Waals surface area contributed by atoms with E-state index in [1.54, 1.807) is 18.2 Å². The van der Waals surface area contributed by atoms with Gasteiger partial charge < -0.3 is 14.8 Å². The predicted octanol–water partition coefficient (Wildman–Crippen LogP) is 0.752. The summed E-state index contributed by atoms with van der Waals surface area (Å²) in [6.45, 7) is 1.20. The van der Waals surface area contributed by atoms with E-state index < -0.39 is 10.0 Å². The molecule has 1 heterocycles. The summed E-state index contributed by atoms with van der Waals surface area (Å²) in [4.78, 5) is 0.117. The molecular weight excluding hydrogens is 292 g/mol. The third kappa shape index (κ3) is 4.68. The molecule has 0 saturated carbocycles. The Morgan fingerprint density at radius 1 is 1.10 bits per heavy atom. The molecule has 6 nitrogen and oxygen atoms in total. The Morgan fingerprint density at radius 2 is 1.76 bits per heavy atom. The molecule has 0 amide bonds. The first-order valence-electron chi connectivity index (χ1n) is 6.50. The normalized spacial score (nSPS) is 11.7. The lowest BCUT2D eigenvalue weighted by atomic mass is 10.1. The molecule has 0 fully saturated rings. The van der Waals surface area contributed by atoms with Crippen molar-refractivity contribution in [3.8, 4) is 0 Å². The standard InChI is InChI=1S/C14H18N2O4S/c15-21(18,19)14-5-1-11(2-6-14)7-8-16-9-12-3-4-13(10-17)20-12/h1-6,16-17H,7-10H2,(H2,15,18,19). The smallest absolute Gasteiger partial charge is 0.238 e. The molecule has 114 valence electrons. The molecule has 0 aliphatic carbocycles. The first-order valence-corrected chi connectivity index (χ1v) is 8.04. The molecule has 0 unspecified atom stereocenters. The number of primary sulfonamides is 1. The van der Waals surface area contributed by atoms with Crippen LogP contribution in [-0.2, 0) is 29.6 Å². The highest BCUT2D eigenvalue weighted by Gasteiger charge is 2.06. The number of aliphatic hydroxyl groups excluding tert-OH is 1. The molecule has 0 saturated heterocycles. The topological polar surface area (TPSA) is 106 Å². The molecular formula is C14H18N2O4S. The lowest BCUT2D eigenvalue weighted by Gasteiger charge is -2.04. The van der Waals surface area contributed by atoms with Gasteiger partial charge in [0.15, 0.2) is 0 Å². The summed E-state index contributed by atoms with van der Waals surface area (Å²) in [5, 5.41) is 17.1. The second-order valence-electron chi connectivity index (χ2n) is 4.64. The van der Waals surface area contributed by atoms with E-state index in [2.05, 4.69) is 5.32 Å². The van der Waals surface area contributed by atoms with Crippen molar-refractivity contribution in [1.82, 2.24) is 5.32 Å². The molecule has 2 rings (SSSR count). The quantitative estimate of drug-likeness (QED) is 0.654. The Hall–Kier alpha value is -1.67. The fourth-order valence-corrected chi connectivity index (χ4v) is 2.41. The predicted molar refractivity (Wildman–Crippen MR) is 77.9 cm³/mol. The average Bonchev–Trinajstić information content (AvgIpc) is 2.91. The van der Waals surface area contributed by atoms with Crippen molar-refractivity contribution in [2.24, 2.45) is 5.14 Å². The summed E-state index contributed by atoms with van der Waals surface area (Å²) in [5.41, 5.74) is 1.02. The van der Waals surface area contributed by atoms with Crippen molar-refractivity contribution >= 4 is 10.0 Å². The average molecular weight is 310 g/mol. The molecule has 0 aliphatic heterocycles. The zero-order valence-corrected chi connectivity index (χ0v) is 12.3. The maximum absolute atomic E-state index is 11.1. The highest BCUT2D eigenvalue weighted by molar-refractivity contribution is 7.89. The van der Waals surface area contributed by atoms with E-state index in [-0.39, 0.29) is 11.5 Å². The summed E-state index contributed by atoms with van der Waals surface area (Å²) in [7, 11) is -3.63. The lowest BCUT2D eigenvalue weighted by molar-refractivity contribution is 0.243. The third-order valence-corrected chi connectivity index (χ3v) is 3.94. The van der Waals surface area contributed by atoms with Crippen LogP contribution in [0.4, 0.5) is 0 Å². The molecule has 21 heavy (non-hydrogen) atoms. The van der Waals surface area contributed by atoms with Crippen LogP contribution in [0.1, 0.15) is 17.1 Å². The minimum absolute atomic E-state index is 0.101. The van der Waals surface area contributed by atoms with Gasteiger partial charge in [-0.3, -0.25) is 0 Å². The molecule has 0 radical (unpaired) electrons. The van der Waals surface area contributed by atoms with Crippen LogP contribution in [0.3, 0.4) is 0 Å². The number of furan rings is 1. The van der Waals surface area contributed by atoms with Gasteiger partial charge >= 0.3 is 0 Å². The minimum atomic E-state index is -3.63. The molecule has 1 aromatic carbocycles. The second-order valence-corrected chi connectivity index (χ2v) is 6.20. The summed E-state index contributed by atoms with van der Waals surface area (Å²) in [6, 6.07) is 10.1. The number of benzene rings is 1. The molecule has 1 aromatic heterocycles. The van der Waals surface area contributed by atoms with Crippen LogP contribution in [-0.4, -0.2) is 20.1 Å². The van der Waals surface area contributed by atoms with Gasteiger partial charge in [-0.25, -0.2) is 13.6 Å². The number of aliphatic hydroxyl groups is 1.